The minimum atomic E-state index is -3.56. The molecule has 0 aromatic heterocycles. The molecule has 2 aromatic rings. The van der Waals surface area contributed by atoms with E-state index in [1.165, 1.54) is 19.2 Å². The van der Waals surface area contributed by atoms with Crippen LogP contribution in [-0.2, 0) is 15.8 Å². The minimum Gasteiger partial charge on any atom is -0.207 e. The molecule has 0 saturated heterocycles. The number of nitrogens with zero attached hydrogens (tertiary/aromatic N) is 2. The van der Waals surface area contributed by atoms with Crippen LogP contribution in [0.25, 0.3) is 0 Å². The number of sulfonamides is 1. The Bertz CT molecular complexity index is 864. The lowest BCUT2D eigenvalue weighted by Gasteiger charge is -2.11. The van der Waals surface area contributed by atoms with Gasteiger partial charge >= 0.3 is 0 Å². The average molecular weight is 339 g/mol. The molecule has 0 atom stereocenters. The van der Waals surface area contributed by atoms with Gasteiger partial charge in [-0.05, 0) is 42.0 Å². The summed E-state index contributed by atoms with van der Waals surface area (Å²) in [7, 11) is -2.18. The van der Waals surface area contributed by atoms with Crippen molar-refractivity contribution in [3.05, 3.63) is 70.0 Å². The normalized spacial score (nSPS) is 16.7. The van der Waals surface area contributed by atoms with E-state index in [1.54, 1.807) is 30.3 Å². The van der Waals surface area contributed by atoms with E-state index in [1.807, 2.05) is 0 Å². The average Bonchev–Trinajstić information content (AvgIpc) is 2.54. The van der Waals surface area contributed by atoms with Crippen molar-refractivity contribution in [1.82, 2.24) is 4.41 Å². The second-order valence-corrected chi connectivity index (χ2v) is 7.36. The van der Waals surface area contributed by atoms with Crippen molar-refractivity contribution in [1.29, 1.82) is 0 Å². The molecule has 22 heavy (non-hydrogen) atoms. The van der Waals surface area contributed by atoms with Crippen LogP contribution in [0.2, 0.25) is 5.02 Å². The first-order chi connectivity index (χ1) is 10.4. The van der Waals surface area contributed by atoms with Crippen molar-refractivity contribution in [2.24, 2.45) is 5.10 Å². The Morgan fingerprint density at radius 2 is 1.86 bits per heavy atom. The SMILES string of the molecule is CN1N=C(c2ccc(F)cc2)c2ccc(Cl)cc2CS1(=O)=O. The molecule has 3 rings (SSSR count). The number of fused-ring (bicyclic) bond motifs is 1. The lowest BCUT2D eigenvalue weighted by atomic mass is 9.98. The van der Waals surface area contributed by atoms with Gasteiger partial charge in [-0.3, -0.25) is 0 Å². The summed E-state index contributed by atoms with van der Waals surface area (Å²) in [6.07, 6.45) is 0. The van der Waals surface area contributed by atoms with E-state index in [-0.39, 0.29) is 11.6 Å². The maximum absolute atomic E-state index is 13.1. The maximum atomic E-state index is 13.1. The van der Waals surface area contributed by atoms with Crippen LogP contribution >= 0.6 is 11.6 Å². The summed E-state index contributed by atoms with van der Waals surface area (Å²) in [5.41, 5.74) is 2.34. The van der Waals surface area contributed by atoms with Crippen molar-refractivity contribution in [2.45, 2.75) is 5.75 Å². The van der Waals surface area contributed by atoms with Gasteiger partial charge in [-0.1, -0.05) is 17.7 Å². The Balaban J connectivity index is 2.25. The quantitative estimate of drug-likeness (QED) is 0.802. The molecule has 7 heteroatoms. The van der Waals surface area contributed by atoms with E-state index in [2.05, 4.69) is 5.10 Å². The second-order valence-electron chi connectivity index (χ2n) is 4.95. The number of hydrogen-bond donors (Lipinski definition) is 0. The third kappa shape index (κ3) is 2.71. The Hall–Kier alpha value is -1.92. The molecule has 0 unspecified atom stereocenters. The summed E-state index contributed by atoms with van der Waals surface area (Å²) in [5.74, 6) is -0.552. The maximum Gasteiger partial charge on any atom is 0.253 e. The van der Waals surface area contributed by atoms with Crippen LogP contribution in [-0.4, -0.2) is 25.6 Å². The van der Waals surface area contributed by atoms with E-state index >= 15 is 0 Å². The zero-order valence-corrected chi connectivity index (χ0v) is 13.2. The van der Waals surface area contributed by atoms with Gasteiger partial charge in [-0.15, -0.1) is 0 Å². The standard InChI is InChI=1S/C15H12ClFN2O2S/c1-19-18-15(10-2-5-13(17)6-3-10)14-7-4-12(16)8-11(14)9-22(19,20)21/h2-8H,9H2,1H3. The molecule has 0 bridgehead atoms. The molecular formula is C15H12ClFN2O2S. The van der Waals surface area contributed by atoms with Crippen molar-refractivity contribution < 1.29 is 12.8 Å². The Morgan fingerprint density at radius 1 is 1.18 bits per heavy atom. The molecule has 1 heterocycles. The van der Waals surface area contributed by atoms with E-state index in [0.29, 0.717) is 27.4 Å². The number of hydrogen-bond acceptors (Lipinski definition) is 3. The van der Waals surface area contributed by atoms with Crippen molar-refractivity contribution in [3.63, 3.8) is 0 Å². The van der Waals surface area contributed by atoms with Gasteiger partial charge < -0.3 is 0 Å². The van der Waals surface area contributed by atoms with Gasteiger partial charge in [0, 0.05) is 23.2 Å². The Morgan fingerprint density at radius 3 is 2.55 bits per heavy atom. The van der Waals surface area contributed by atoms with Gasteiger partial charge in [-0.25, -0.2) is 12.8 Å². The van der Waals surface area contributed by atoms with E-state index in [4.69, 9.17) is 11.6 Å². The van der Waals surface area contributed by atoms with Gasteiger partial charge in [0.2, 0.25) is 0 Å². The molecule has 0 spiro atoms. The monoisotopic (exact) mass is 338 g/mol. The lowest BCUT2D eigenvalue weighted by Crippen LogP contribution is -2.22. The predicted molar refractivity (Wildman–Crippen MR) is 83.9 cm³/mol. The van der Waals surface area contributed by atoms with Crippen molar-refractivity contribution in [3.8, 4) is 0 Å². The topological polar surface area (TPSA) is 49.7 Å². The highest BCUT2D eigenvalue weighted by Gasteiger charge is 2.26. The van der Waals surface area contributed by atoms with Crippen LogP contribution in [0.1, 0.15) is 16.7 Å². The summed E-state index contributed by atoms with van der Waals surface area (Å²) >= 11 is 5.98. The van der Waals surface area contributed by atoms with Gasteiger partial charge in [0.05, 0.1) is 11.5 Å². The fourth-order valence-corrected chi connectivity index (χ4v) is 3.50. The fraction of sp³-hybridized carbons (Fsp3) is 0.133. The molecule has 114 valence electrons. The van der Waals surface area contributed by atoms with Crippen LogP contribution < -0.4 is 0 Å². The fourth-order valence-electron chi connectivity index (χ4n) is 2.28. The molecule has 0 aliphatic carbocycles. The van der Waals surface area contributed by atoms with Crippen LogP contribution in [0.4, 0.5) is 4.39 Å². The molecular weight excluding hydrogens is 327 g/mol. The van der Waals surface area contributed by atoms with Crippen molar-refractivity contribution in [2.75, 3.05) is 7.05 Å². The molecule has 1 aliphatic heterocycles. The molecule has 0 N–H and O–H groups in total. The lowest BCUT2D eigenvalue weighted by molar-refractivity contribution is 0.490. The van der Waals surface area contributed by atoms with Crippen LogP contribution in [0.15, 0.2) is 47.6 Å². The van der Waals surface area contributed by atoms with Crippen LogP contribution in [0.5, 0.6) is 0 Å². The zero-order chi connectivity index (χ0) is 15.9. The highest BCUT2D eigenvalue weighted by atomic mass is 35.5. The second kappa shape index (κ2) is 5.37. The highest BCUT2D eigenvalue weighted by Crippen LogP contribution is 2.26. The van der Waals surface area contributed by atoms with Crippen LogP contribution in [0.3, 0.4) is 0 Å². The summed E-state index contributed by atoms with van der Waals surface area (Å²) in [6.45, 7) is 0. The summed E-state index contributed by atoms with van der Waals surface area (Å²) < 4.78 is 38.5. The molecule has 0 saturated carbocycles. The first-order valence-corrected chi connectivity index (χ1v) is 8.45. The first kappa shape index (κ1) is 15.0. The number of halogens is 2. The molecule has 0 fully saturated rings. The number of rotatable bonds is 1. The van der Waals surface area contributed by atoms with Crippen LogP contribution in [0, 0.1) is 5.82 Å². The number of hydrazone groups is 1. The first-order valence-electron chi connectivity index (χ1n) is 6.47. The Kier molecular flexibility index (Phi) is 3.66. The van der Waals surface area contributed by atoms with Gasteiger partial charge in [0.15, 0.2) is 0 Å². The smallest absolute Gasteiger partial charge is 0.207 e. The van der Waals surface area contributed by atoms with Gasteiger partial charge in [-0.2, -0.15) is 9.52 Å². The van der Waals surface area contributed by atoms with E-state index in [9.17, 15) is 12.8 Å². The predicted octanol–water partition coefficient (Wildman–Crippen LogP) is 3.01. The highest BCUT2D eigenvalue weighted by molar-refractivity contribution is 7.88. The van der Waals surface area contributed by atoms with Gasteiger partial charge in [0.25, 0.3) is 10.0 Å². The minimum absolute atomic E-state index is 0.187. The molecule has 0 amide bonds. The van der Waals surface area contributed by atoms with Crippen molar-refractivity contribution >= 4 is 27.3 Å². The molecule has 2 aromatic carbocycles. The largest absolute Gasteiger partial charge is 0.253 e. The molecule has 0 radical (unpaired) electrons. The number of benzene rings is 2. The summed E-state index contributed by atoms with van der Waals surface area (Å²) in [4.78, 5) is 0. The zero-order valence-electron chi connectivity index (χ0n) is 11.6. The molecule has 1 aliphatic rings. The van der Waals surface area contributed by atoms with E-state index < -0.39 is 10.0 Å². The summed E-state index contributed by atoms with van der Waals surface area (Å²) in [6, 6.07) is 10.8. The third-order valence-electron chi connectivity index (χ3n) is 3.42. The van der Waals surface area contributed by atoms with Gasteiger partial charge in [0.1, 0.15) is 5.82 Å². The Labute approximate surface area is 132 Å². The summed E-state index contributed by atoms with van der Waals surface area (Å²) in [5, 5.41) is 4.65. The third-order valence-corrected chi connectivity index (χ3v) is 5.22. The molecule has 4 nitrogen and oxygen atoms in total. The van der Waals surface area contributed by atoms with E-state index in [0.717, 1.165) is 4.41 Å².